The lowest BCUT2D eigenvalue weighted by molar-refractivity contribution is -0.113. The highest BCUT2D eigenvalue weighted by atomic mass is 79.9. The van der Waals surface area contributed by atoms with Crippen LogP contribution < -0.4 is 9.47 Å². The molecule has 7 heteroatoms. The van der Waals surface area contributed by atoms with Gasteiger partial charge in [0.15, 0.2) is 16.7 Å². The van der Waals surface area contributed by atoms with E-state index in [1.807, 2.05) is 18.2 Å². The number of fused-ring (bicyclic) bond motifs is 1. The molecule has 1 aromatic carbocycles. The van der Waals surface area contributed by atoms with Gasteiger partial charge in [-0.3, -0.25) is 4.79 Å². The van der Waals surface area contributed by atoms with Crippen molar-refractivity contribution in [3.05, 3.63) is 27.1 Å². The lowest BCUT2D eigenvalue weighted by Gasteiger charge is -2.27. The number of carbonyl (C=O) groups is 1. The molecule has 3 aliphatic rings. The maximum absolute atomic E-state index is 12.2. The number of thioether (sulfide) groups is 1. The second-order valence-corrected chi connectivity index (χ2v) is 7.46. The Morgan fingerprint density at radius 3 is 2.87 bits per heavy atom. The number of benzene rings is 1. The fourth-order valence-corrected chi connectivity index (χ4v) is 4.38. The number of ether oxygens (including phenoxy) is 2. The number of amidine groups is 1. The Hall–Kier alpha value is -1.47. The average molecular weight is 395 g/mol. The first-order valence-electron chi connectivity index (χ1n) is 7.57. The number of likely N-dealkylation sites (tertiary alicyclic amines) is 1. The quantitative estimate of drug-likeness (QED) is 0.680. The first kappa shape index (κ1) is 15.1. The lowest BCUT2D eigenvalue weighted by atomic mass is 10.1. The van der Waals surface area contributed by atoms with Gasteiger partial charge in [-0.05, 0) is 70.7 Å². The summed E-state index contributed by atoms with van der Waals surface area (Å²) in [7, 11) is 0. The van der Waals surface area contributed by atoms with Gasteiger partial charge in [-0.2, -0.15) is 4.99 Å². The van der Waals surface area contributed by atoms with Gasteiger partial charge in [0, 0.05) is 13.1 Å². The number of carbonyl (C=O) groups excluding carboxylic acids is 1. The molecule has 0 radical (unpaired) electrons. The Labute approximate surface area is 146 Å². The predicted octanol–water partition coefficient (Wildman–Crippen LogP) is 3.63. The summed E-state index contributed by atoms with van der Waals surface area (Å²) >= 11 is 4.93. The Bertz CT molecular complexity index is 726. The second kappa shape index (κ2) is 6.20. The van der Waals surface area contributed by atoms with E-state index in [9.17, 15) is 4.79 Å². The largest absolute Gasteiger partial charge is 0.454 e. The van der Waals surface area contributed by atoms with Crippen LogP contribution in [-0.2, 0) is 4.79 Å². The summed E-state index contributed by atoms with van der Waals surface area (Å²) in [5, 5.41) is 0.834. The fraction of sp³-hybridized carbons (Fsp3) is 0.375. The molecule has 3 aliphatic heterocycles. The van der Waals surface area contributed by atoms with Crippen molar-refractivity contribution < 1.29 is 14.3 Å². The Morgan fingerprint density at radius 1 is 1.22 bits per heavy atom. The molecular formula is C16H15BrN2O3S. The van der Waals surface area contributed by atoms with Crippen molar-refractivity contribution in [1.82, 2.24) is 4.90 Å². The van der Waals surface area contributed by atoms with E-state index in [0.29, 0.717) is 16.4 Å². The van der Waals surface area contributed by atoms with Crippen LogP contribution in [0.1, 0.15) is 24.8 Å². The molecule has 3 heterocycles. The van der Waals surface area contributed by atoms with Gasteiger partial charge in [-0.25, -0.2) is 0 Å². The molecule has 23 heavy (non-hydrogen) atoms. The third kappa shape index (κ3) is 2.99. The number of halogens is 1. The van der Waals surface area contributed by atoms with Crippen LogP contribution in [0.15, 0.2) is 26.5 Å². The van der Waals surface area contributed by atoms with Crippen molar-refractivity contribution in [2.24, 2.45) is 4.99 Å². The molecule has 0 bridgehead atoms. The molecule has 5 nitrogen and oxygen atoms in total. The molecule has 0 N–H and O–H groups in total. The molecule has 0 saturated carbocycles. The Kier molecular flexibility index (Phi) is 4.07. The third-order valence-corrected chi connectivity index (χ3v) is 5.62. The van der Waals surface area contributed by atoms with E-state index in [2.05, 4.69) is 25.8 Å². The molecule has 0 atom stereocenters. The van der Waals surface area contributed by atoms with Gasteiger partial charge in [-0.1, -0.05) is 0 Å². The standard InChI is InChI=1S/C16H15BrN2O3S/c17-11-6-10(7-12-14(11)22-9-21-12)8-13-15(20)18-16(23-13)19-4-2-1-3-5-19/h6-8H,1-5,9H2/b13-8-. The highest BCUT2D eigenvalue weighted by molar-refractivity contribution is 9.10. The van der Waals surface area contributed by atoms with E-state index in [-0.39, 0.29) is 12.7 Å². The fourth-order valence-electron chi connectivity index (χ4n) is 2.84. The molecule has 1 aromatic rings. The number of rotatable bonds is 1. The maximum Gasteiger partial charge on any atom is 0.286 e. The third-order valence-electron chi connectivity index (χ3n) is 3.98. The molecule has 1 saturated heterocycles. The van der Waals surface area contributed by atoms with Crippen LogP contribution in [0, 0.1) is 0 Å². The van der Waals surface area contributed by atoms with E-state index in [1.165, 1.54) is 31.0 Å². The van der Waals surface area contributed by atoms with Crippen LogP contribution in [0.25, 0.3) is 6.08 Å². The van der Waals surface area contributed by atoms with Gasteiger partial charge in [0.1, 0.15) is 0 Å². The van der Waals surface area contributed by atoms with Gasteiger partial charge >= 0.3 is 0 Å². The average Bonchev–Trinajstić information content (AvgIpc) is 3.16. The molecule has 1 fully saturated rings. The van der Waals surface area contributed by atoms with Crippen LogP contribution in [0.3, 0.4) is 0 Å². The minimum absolute atomic E-state index is 0.163. The van der Waals surface area contributed by atoms with Crippen LogP contribution in [0.5, 0.6) is 11.5 Å². The first-order valence-corrected chi connectivity index (χ1v) is 9.18. The number of nitrogens with zero attached hydrogens (tertiary/aromatic N) is 2. The number of piperidine rings is 1. The van der Waals surface area contributed by atoms with Gasteiger partial charge in [0.05, 0.1) is 9.38 Å². The van der Waals surface area contributed by atoms with Crippen molar-refractivity contribution in [2.45, 2.75) is 19.3 Å². The van der Waals surface area contributed by atoms with Crippen molar-refractivity contribution in [3.8, 4) is 11.5 Å². The maximum atomic E-state index is 12.2. The number of amides is 1. The van der Waals surface area contributed by atoms with E-state index in [4.69, 9.17) is 9.47 Å². The molecule has 0 unspecified atom stereocenters. The van der Waals surface area contributed by atoms with Crippen molar-refractivity contribution >= 4 is 44.8 Å². The second-order valence-electron chi connectivity index (χ2n) is 5.59. The minimum Gasteiger partial charge on any atom is -0.454 e. The van der Waals surface area contributed by atoms with Crippen molar-refractivity contribution in [2.75, 3.05) is 19.9 Å². The zero-order valence-corrected chi connectivity index (χ0v) is 14.8. The van der Waals surface area contributed by atoms with E-state index >= 15 is 0 Å². The zero-order valence-electron chi connectivity index (χ0n) is 12.4. The highest BCUT2D eigenvalue weighted by Gasteiger charge is 2.27. The van der Waals surface area contributed by atoms with Crippen LogP contribution in [0.2, 0.25) is 0 Å². The molecule has 120 valence electrons. The van der Waals surface area contributed by atoms with Gasteiger partial charge < -0.3 is 14.4 Å². The molecule has 0 aromatic heterocycles. The molecule has 0 aliphatic carbocycles. The van der Waals surface area contributed by atoms with Crippen LogP contribution >= 0.6 is 27.7 Å². The molecule has 0 spiro atoms. The number of aliphatic imine (C=N–C) groups is 1. The topological polar surface area (TPSA) is 51.1 Å². The number of hydrogen-bond donors (Lipinski definition) is 0. The Balaban J connectivity index is 1.56. The monoisotopic (exact) mass is 394 g/mol. The lowest BCUT2D eigenvalue weighted by Crippen LogP contribution is -2.33. The van der Waals surface area contributed by atoms with E-state index < -0.39 is 0 Å². The van der Waals surface area contributed by atoms with Crippen molar-refractivity contribution in [1.29, 1.82) is 0 Å². The summed E-state index contributed by atoms with van der Waals surface area (Å²) < 4.78 is 11.6. The van der Waals surface area contributed by atoms with E-state index in [0.717, 1.165) is 28.3 Å². The van der Waals surface area contributed by atoms with Gasteiger partial charge in [0.2, 0.25) is 6.79 Å². The normalized spacial score (nSPS) is 22.0. The first-order chi connectivity index (χ1) is 11.2. The minimum atomic E-state index is -0.163. The van der Waals surface area contributed by atoms with Crippen LogP contribution in [0.4, 0.5) is 0 Å². The highest BCUT2D eigenvalue weighted by Crippen LogP contribution is 2.41. The molecular weight excluding hydrogens is 380 g/mol. The van der Waals surface area contributed by atoms with Crippen LogP contribution in [-0.4, -0.2) is 35.9 Å². The summed E-state index contributed by atoms with van der Waals surface area (Å²) in [6, 6.07) is 3.81. The molecule has 1 amide bonds. The summed E-state index contributed by atoms with van der Waals surface area (Å²) in [5.41, 5.74) is 0.895. The summed E-state index contributed by atoms with van der Waals surface area (Å²) in [5.74, 6) is 1.24. The van der Waals surface area contributed by atoms with Gasteiger partial charge in [0.25, 0.3) is 5.91 Å². The van der Waals surface area contributed by atoms with Gasteiger partial charge in [-0.15, -0.1) is 0 Å². The SMILES string of the molecule is O=C1N=C(N2CCCCC2)S/C1=C\c1cc(Br)c2c(c1)OCO2. The smallest absolute Gasteiger partial charge is 0.286 e. The summed E-state index contributed by atoms with van der Waals surface area (Å²) in [6.45, 7) is 2.20. The predicted molar refractivity (Wildman–Crippen MR) is 93.7 cm³/mol. The summed E-state index contributed by atoms with van der Waals surface area (Å²) in [4.78, 5) is 19.3. The van der Waals surface area contributed by atoms with Crippen molar-refractivity contribution in [3.63, 3.8) is 0 Å². The zero-order chi connectivity index (χ0) is 15.8. The Morgan fingerprint density at radius 2 is 2.04 bits per heavy atom. The molecule has 4 rings (SSSR count). The number of hydrogen-bond acceptors (Lipinski definition) is 5. The summed E-state index contributed by atoms with van der Waals surface area (Å²) in [6.07, 6.45) is 5.46. The van der Waals surface area contributed by atoms with E-state index in [1.54, 1.807) is 0 Å².